The second kappa shape index (κ2) is 7.12. The summed E-state index contributed by atoms with van der Waals surface area (Å²) in [5, 5.41) is 2.97. The van der Waals surface area contributed by atoms with E-state index in [0.717, 1.165) is 15.7 Å². The number of benzene rings is 2. The van der Waals surface area contributed by atoms with E-state index in [0.29, 0.717) is 16.8 Å². The number of rotatable bonds is 2. The molecule has 3 rings (SSSR count). The third-order valence-corrected chi connectivity index (χ3v) is 4.39. The van der Waals surface area contributed by atoms with Gasteiger partial charge in [-0.15, -0.1) is 0 Å². The van der Waals surface area contributed by atoms with Crippen LogP contribution in [-0.2, 0) is 0 Å². The van der Waals surface area contributed by atoms with Crippen molar-refractivity contribution in [1.82, 2.24) is 14.9 Å². The van der Waals surface area contributed by atoms with Gasteiger partial charge < -0.3 is 20.8 Å². The third-order valence-electron chi connectivity index (χ3n) is 4.39. The molecule has 0 radical (unpaired) electrons. The summed E-state index contributed by atoms with van der Waals surface area (Å²) >= 11 is 0. The number of nitrogens with zero attached hydrogens (tertiary/aromatic N) is 1. The van der Waals surface area contributed by atoms with Crippen LogP contribution in [0.5, 0.6) is 5.75 Å². The fourth-order valence-corrected chi connectivity index (χ4v) is 3.01. The molecule has 4 N–H and O–H groups in total. The van der Waals surface area contributed by atoms with E-state index in [1.807, 2.05) is 34.6 Å². The number of nitrogens with one attached hydrogen (secondary N) is 2. The van der Waals surface area contributed by atoms with Gasteiger partial charge in [-0.3, -0.25) is 4.79 Å². The predicted octanol–water partition coefficient (Wildman–Crippen LogP) is 2.76. The molecule has 0 saturated heterocycles. The summed E-state index contributed by atoms with van der Waals surface area (Å²) in [5.41, 5.74) is 7.34. The number of aromatic nitrogens is 2. The normalized spacial score (nSPS) is 11.5. The van der Waals surface area contributed by atoms with Crippen molar-refractivity contribution in [3.05, 3.63) is 62.3 Å². The first-order valence-corrected chi connectivity index (χ1v) is 9.12. The number of nitrogen functional groups attached to an aromatic ring is 1. The smallest absolute Gasteiger partial charge is 0.410 e. The molecule has 1 aromatic heterocycles. The Morgan fingerprint density at radius 1 is 1.10 bits per heavy atom. The van der Waals surface area contributed by atoms with Gasteiger partial charge in [0.1, 0.15) is 5.75 Å². The monoisotopic (exact) mass is 396 g/mol. The first kappa shape index (κ1) is 20.2. The Kier molecular flexibility index (Phi) is 4.96. The zero-order chi connectivity index (χ0) is 21.5. The summed E-state index contributed by atoms with van der Waals surface area (Å²) in [5.74, 6) is 0.214. The van der Waals surface area contributed by atoms with Crippen LogP contribution in [0.25, 0.3) is 16.6 Å². The van der Waals surface area contributed by atoms with E-state index in [-0.39, 0.29) is 11.3 Å². The van der Waals surface area contributed by atoms with Gasteiger partial charge in [0, 0.05) is 17.3 Å². The maximum Gasteiger partial charge on any atom is 0.413 e. The molecule has 1 amide bonds. The van der Waals surface area contributed by atoms with Crippen LogP contribution in [0.1, 0.15) is 31.9 Å². The van der Waals surface area contributed by atoms with Gasteiger partial charge in [-0.05, 0) is 70.0 Å². The number of hydrogen-bond acceptors (Lipinski definition) is 5. The van der Waals surface area contributed by atoms with Crippen molar-refractivity contribution in [1.29, 1.82) is 0 Å². The standard InChI is InChI=1S/C21H24N4O4/c1-11-8-13(9-12(2)17(11)22)25-18(26)15-7-6-14(10-16(15)23-19(25)27)29-20(28)24-21(3,4)5/h6-10H,22H2,1-5H3,(H,23,27)(H,24,28). The van der Waals surface area contributed by atoms with Gasteiger partial charge in [-0.2, -0.15) is 0 Å². The van der Waals surface area contributed by atoms with Crippen molar-refractivity contribution in [3.8, 4) is 11.4 Å². The maximum atomic E-state index is 13.0. The zero-order valence-electron chi connectivity index (χ0n) is 17.0. The second-order valence-electron chi connectivity index (χ2n) is 8.04. The minimum absolute atomic E-state index is 0.214. The molecule has 8 heteroatoms. The molecule has 152 valence electrons. The number of nitrogens with two attached hydrogens (primary N) is 1. The third kappa shape index (κ3) is 4.16. The number of hydrogen-bond donors (Lipinski definition) is 3. The highest BCUT2D eigenvalue weighted by Crippen LogP contribution is 2.21. The Balaban J connectivity index is 2.06. The summed E-state index contributed by atoms with van der Waals surface area (Å²) in [6.07, 6.45) is -0.625. The Morgan fingerprint density at radius 2 is 1.72 bits per heavy atom. The molecule has 0 saturated carbocycles. The SMILES string of the molecule is Cc1cc(-n2c(=O)[nH]c3cc(OC(=O)NC(C)(C)C)ccc3c2=O)cc(C)c1N. The maximum absolute atomic E-state index is 13.0. The van der Waals surface area contributed by atoms with E-state index < -0.39 is 22.9 Å². The Hall–Kier alpha value is -3.55. The van der Waals surface area contributed by atoms with Crippen LogP contribution in [0.2, 0.25) is 0 Å². The Morgan fingerprint density at radius 3 is 2.31 bits per heavy atom. The lowest BCUT2D eigenvalue weighted by Gasteiger charge is -2.19. The van der Waals surface area contributed by atoms with Crippen molar-refractivity contribution in [3.63, 3.8) is 0 Å². The van der Waals surface area contributed by atoms with Gasteiger partial charge in [0.15, 0.2) is 0 Å². The van der Waals surface area contributed by atoms with E-state index in [9.17, 15) is 14.4 Å². The molecule has 0 aliphatic carbocycles. The Bertz CT molecular complexity index is 1210. The number of fused-ring (bicyclic) bond motifs is 1. The van der Waals surface area contributed by atoms with Crippen LogP contribution < -0.4 is 27.0 Å². The number of carbonyl (C=O) groups excluding carboxylic acids is 1. The number of aryl methyl sites for hydroxylation is 2. The molecule has 8 nitrogen and oxygen atoms in total. The van der Waals surface area contributed by atoms with Crippen molar-refractivity contribution in [2.24, 2.45) is 0 Å². The first-order valence-electron chi connectivity index (χ1n) is 9.12. The fourth-order valence-electron chi connectivity index (χ4n) is 3.01. The predicted molar refractivity (Wildman–Crippen MR) is 113 cm³/mol. The van der Waals surface area contributed by atoms with Gasteiger partial charge in [0.05, 0.1) is 16.6 Å². The minimum atomic E-state index is -0.625. The lowest BCUT2D eigenvalue weighted by Crippen LogP contribution is -2.42. The summed E-state index contributed by atoms with van der Waals surface area (Å²) < 4.78 is 6.31. The minimum Gasteiger partial charge on any atom is -0.410 e. The van der Waals surface area contributed by atoms with Gasteiger partial charge in [0.2, 0.25) is 0 Å². The van der Waals surface area contributed by atoms with Crippen LogP contribution in [0.4, 0.5) is 10.5 Å². The number of ether oxygens (including phenoxy) is 1. The van der Waals surface area contributed by atoms with E-state index in [1.54, 1.807) is 12.1 Å². The molecule has 0 spiro atoms. The van der Waals surface area contributed by atoms with Gasteiger partial charge in [-0.25, -0.2) is 14.2 Å². The summed E-state index contributed by atoms with van der Waals surface area (Å²) in [6, 6.07) is 7.86. The number of amides is 1. The first-order chi connectivity index (χ1) is 13.5. The van der Waals surface area contributed by atoms with Gasteiger partial charge >= 0.3 is 11.8 Å². The van der Waals surface area contributed by atoms with Crippen LogP contribution in [0.3, 0.4) is 0 Å². The Labute approximate surface area is 167 Å². The van der Waals surface area contributed by atoms with E-state index in [1.165, 1.54) is 18.2 Å². The van der Waals surface area contributed by atoms with Crippen molar-refractivity contribution in [2.45, 2.75) is 40.2 Å². The lowest BCUT2D eigenvalue weighted by atomic mass is 10.1. The zero-order valence-corrected chi connectivity index (χ0v) is 17.0. The molecule has 0 fully saturated rings. The van der Waals surface area contributed by atoms with Crippen LogP contribution in [0, 0.1) is 13.8 Å². The molecule has 2 aromatic carbocycles. The molecule has 1 heterocycles. The second-order valence-corrected chi connectivity index (χ2v) is 8.04. The van der Waals surface area contributed by atoms with Crippen LogP contribution >= 0.6 is 0 Å². The number of carbonyl (C=O) groups is 1. The lowest BCUT2D eigenvalue weighted by molar-refractivity contribution is 0.190. The van der Waals surface area contributed by atoms with E-state index in [4.69, 9.17) is 10.5 Å². The number of aromatic amines is 1. The topological polar surface area (TPSA) is 119 Å². The summed E-state index contributed by atoms with van der Waals surface area (Å²) in [6.45, 7) is 9.12. The van der Waals surface area contributed by atoms with E-state index >= 15 is 0 Å². The molecule has 29 heavy (non-hydrogen) atoms. The van der Waals surface area contributed by atoms with E-state index in [2.05, 4.69) is 10.3 Å². The molecule has 0 atom stereocenters. The summed E-state index contributed by atoms with van der Waals surface area (Å²) in [7, 11) is 0. The molecular formula is C21H24N4O4. The quantitative estimate of drug-likeness (QED) is 0.576. The van der Waals surface area contributed by atoms with Gasteiger partial charge in [0.25, 0.3) is 5.56 Å². The van der Waals surface area contributed by atoms with Crippen LogP contribution in [0.15, 0.2) is 39.9 Å². The molecule has 3 aromatic rings. The number of anilines is 1. The highest BCUT2D eigenvalue weighted by molar-refractivity contribution is 5.81. The largest absolute Gasteiger partial charge is 0.413 e. The van der Waals surface area contributed by atoms with Crippen LogP contribution in [-0.4, -0.2) is 21.2 Å². The highest BCUT2D eigenvalue weighted by atomic mass is 16.6. The highest BCUT2D eigenvalue weighted by Gasteiger charge is 2.16. The fraction of sp³-hybridized carbons (Fsp3) is 0.286. The van der Waals surface area contributed by atoms with Crippen molar-refractivity contribution >= 4 is 22.7 Å². The molecule has 0 unspecified atom stereocenters. The van der Waals surface area contributed by atoms with Crippen molar-refractivity contribution in [2.75, 3.05) is 5.73 Å². The molecule has 0 bridgehead atoms. The molecule has 0 aliphatic rings. The summed E-state index contributed by atoms with van der Waals surface area (Å²) in [4.78, 5) is 40.2. The molecular weight excluding hydrogens is 372 g/mol. The molecule has 0 aliphatic heterocycles. The average molecular weight is 396 g/mol. The van der Waals surface area contributed by atoms with Crippen molar-refractivity contribution < 1.29 is 9.53 Å². The number of H-pyrrole nitrogens is 1. The van der Waals surface area contributed by atoms with Gasteiger partial charge in [-0.1, -0.05) is 0 Å². The average Bonchev–Trinajstić information content (AvgIpc) is 2.57.